The van der Waals surface area contributed by atoms with Gasteiger partial charge < -0.3 is 21.5 Å². The molecular formula is C23H39ClN6O4. The lowest BCUT2D eigenvalue weighted by Gasteiger charge is -2.31. The molecule has 1 saturated carbocycles. The molecular weight excluding hydrogens is 460 g/mol. The molecule has 3 atom stereocenters. The number of rotatable bonds is 7. The normalized spacial score (nSPS) is 25.3. The summed E-state index contributed by atoms with van der Waals surface area (Å²) in [6, 6.07) is -1.06. The molecule has 1 aliphatic carbocycles. The fourth-order valence-corrected chi connectivity index (χ4v) is 5.22. The number of halogens is 1. The zero-order valence-electron chi connectivity index (χ0n) is 19.9. The Hall–Kier alpha value is -2.17. The van der Waals surface area contributed by atoms with Gasteiger partial charge in [0, 0.05) is 26.2 Å². The second-order valence-electron chi connectivity index (χ2n) is 9.61. The predicted molar refractivity (Wildman–Crippen MR) is 132 cm³/mol. The fraction of sp³-hybridized carbons (Fsp3) is 0.739. The monoisotopic (exact) mass is 498 g/mol. The van der Waals surface area contributed by atoms with E-state index in [1.54, 1.807) is 6.92 Å². The third kappa shape index (κ3) is 7.68. The number of amides is 2. The molecule has 0 bridgehead atoms. The average molecular weight is 499 g/mol. The van der Waals surface area contributed by atoms with Gasteiger partial charge in [0.25, 0.3) is 0 Å². The SMILES string of the molecule is C[C@H](N)C(=O)NC(=O)[C@@H]1CC(C2CCCCC2)CN1CC1=CCN(C(N)=NCC(=O)O)CC1.Cl. The number of carbonyl (C=O) groups is 3. The van der Waals surface area contributed by atoms with Crippen LogP contribution in [0.1, 0.15) is 51.9 Å². The summed E-state index contributed by atoms with van der Waals surface area (Å²) in [5, 5.41) is 11.3. The van der Waals surface area contributed by atoms with E-state index in [4.69, 9.17) is 16.6 Å². The van der Waals surface area contributed by atoms with E-state index < -0.39 is 17.9 Å². The Morgan fingerprint density at radius 2 is 1.94 bits per heavy atom. The van der Waals surface area contributed by atoms with Crippen LogP contribution in [0.5, 0.6) is 0 Å². The minimum Gasteiger partial charge on any atom is -0.480 e. The van der Waals surface area contributed by atoms with Gasteiger partial charge in [0.15, 0.2) is 5.96 Å². The minimum absolute atomic E-state index is 0. The highest BCUT2D eigenvalue weighted by atomic mass is 35.5. The van der Waals surface area contributed by atoms with Gasteiger partial charge in [0.05, 0.1) is 12.1 Å². The number of nitrogens with two attached hydrogens (primary N) is 2. The highest BCUT2D eigenvalue weighted by Gasteiger charge is 2.41. The van der Waals surface area contributed by atoms with Crippen LogP contribution in [-0.2, 0) is 14.4 Å². The topological polar surface area (TPSA) is 154 Å². The number of hydrogen-bond donors (Lipinski definition) is 4. The fourth-order valence-electron chi connectivity index (χ4n) is 5.22. The highest BCUT2D eigenvalue weighted by molar-refractivity contribution is 5.99. The number of carboxylic acids is 1. The number of aliphatic imine (C=N–C) groups is 1. The second-order valence-corrected chi connectivity index (χ2v) is 9.61. The maximum atomic E-state index is 13.0. The van der Waals surface area contributed by atoms with E-state index in [9.17, 15) is 14.4 Å². The van der Waals surface area contributed by atoms with Crippen molar-refractivity contribution in [3.63, 3.8) is 0 Å². The van der Waals surface area contributed by atoms with Gasteiger partial charge in [-0.2, -0.15) is 0 Å². The highest BCUT2D eigenvalue weighted by Crippen LogP contribution is 2.38. The van der Waals surface area contributed by atoms with E-state index in [0.717, 1.165) is 19.4 Å². The van der Waals surface area contributed by atoms with Crippen LogP contribution in [0.2, 0.25) is 0 Å². The number of imide groups is 1. The molecule has 0 aromatic heterocycles. The number of aliphatic carboxylic acids is 1. The summed E-state index contributed by atoms with van der Waals surface area (Å²) >= 11 is 0. The molecule has 3 rings (SSSR count). The van der Waals surface area contributed by atoms with Crippen LogP contribution < -0.4 is 16.8 Å². The van der Waals surface area contributed by atoms with Crippen molar-refractivity contribution in [1.29, 1.82) is 0 Å². The van der Waals surface area contributed by atoms with Crippen molar-refractivity contribution in [2.24, 2.45) is 28.3 Å². The maximum Gasteiger partial charge on any atom is 0.325 e. The molecule has 0 radical (unpaired) electrons. The molecule has 0 aromatic carbocycles. The van der Waals surface area contributed by atoms with Crippen molar-refractivity contribution < 1.29 is 19.5 Å². The van der Waals surface area contributed by atoms with Crippen LogP contribution in [0, 0.1) is 11.8 Å². The van der Waals surface area contributed by atoms with Gasteiger partial charge in [0.2, 0.25) is 11.8 Å². The first-order valence-electron chi connectivity index (χ1n) is 12.0. The molecule has 10 nitrogen and oxygen atoms in total. The lowest BCUT2D eigenvalue weighted by Crippen LogP contribution is -2.50. The van der Waals surface area contributed by atoms with Crippen molar-refractivity contribution in [2.45, 2.75) is 64.0 Å². The summed E-state index contributed by atoms with van der Waals surface area (Å²) < 4.78 is 0. The number of carbonyl (C=O) groups excluding carboxylic acids is 2. The van der Waals surface area contributed by atoms with E-state index in [1.807, 2.05) is 4.90 Å². The summed E-state index contributed by atoms with van der Waals surface area (Å²) in [6.45, 7) is 3.98. The van der Waals surface area contributed by atoms with Crippen molar-refractivity contribution >= 4 is 36.2 Å². The molecule has 0 spiro atoms. The quantitative estimate of drug-likeness (QED) is 0.227. The Balaban J connectivity index is 0.00000408. The largest absolute Gasteiger partial charge is 0.480 e. The van der Waals surface area contributed by atoms with Gasteiger partial charge >= 0.3 is 5.97 Å². The molecule has 6 N–H and O–H groups in total. The molecule has 34 heavy (non-hydrogen) atoms. The van der Waals surface area contributed by atoms with Crippen molar-refractivity contribution in [2.75, 3.05) is 32.7 Å². The summed E-state index contributed by atoms with van der Waals surface area (Å²) in [7, 11) is 0. The maximum absolute atomic E-state index is 13.0. The summed E-state index contributed by atoms with van der Waals surface area (Å²) in [6.07, 6.45) is 9.87. The Labute approximate surface area is 207 Å². The van der Waals surface area contributed by atoms with Crippen molar-refractivity contribution in [1.82, 2.24) is 15.1 Å². The molecule has 1 unspecified atom stereocenters. The van der Waals surface area contributed by atoms with E-state index >= 15 is 0 Å². The molecule has 2 amide bonds. The molecule has 2 heterocycles. The Bertz CT molecular complexity index is 796. The molecule has 2 aliphatic heterocycles. The third-order valence-electron chi connectivity index (χ3n) is 7.12. The molecule has 3 aliphatic rings. The van der Waals surface area contributed by atoms with Gasteiger partial charge in [-0.05, 0) is 31.6 Å². The van der Waals surface area contributed by atoms with E-state index in [2.05, 4.69) is 21.3 Å². The third-order valence-corrected chi connectivity index (χ3v) is 7.12. The van der Waals surface area contributed by atoms with Crippen LogP contribution in [0.4, 0.5) is 0 Å². The predicted octanol–water partition coefficient (Wildman–Crippen LogP) is 0.700. The second kappa shape index (κ2) is 13.1. The Morgan fingerprint density at radius 1 is 1.24 bits per heavy atom. The molecule has 0 aromatic rings. The van der Waals surface area contributed by atoms with Crippen molar-refractivity contribution in [3.05, 3.63) is 11.6 Å². The summed E-state index contributed by atoms with van der Waals surface area (Å²) in [5.74, 6) is -0.365. The zero-order chi connectivity index (χ0) is 24.0. The number of likely N-dealkylation sites (tertiary alicyclic amines) is 1. The number of guanidine groups is 1. The van der Waals surface area contributed by atoms with Gasteiger partial charge in [-0.25, -0.2) is 4.99 Å². The van der Waals surface area contributed by atoms with Crippen LogP contribution in [0.15, 0.2) is 16.6 Å². The average Bonchev–Trinajstić information content (AvgIpc) is 3.22. The van der Waals surface area contributed by atoms with Gasteiger partial charge in [-0.3, -0.25) is 24.6 Å². The number of carboxylic acid groups (broad SMARTS) is 1. The van der Waals surface area contributed by atoms with E-state index in [-0.39, 0.29) is 36.9 Å². The molecule has 11 heteroatoms. The van der Waals surface area contributed by atoms with E-state index in [1.165, 1.54) is 37.7 Å². The molecule has 2 fully saturated rings. The molecule has 192 valence electrons. The minimum atomic E-state index is -1.01. The zero-order valence-corrected chi connectivity index (χ0v) is 20.8. The lowest BCUT2D eigenvalue weighted by molar-refractivity contribution is -0.135. The summed E-state index contributed by atoms with van der Waals surface area (Å²) in [5.41, 5.74) is 12.8. The first-order valence-corrected chi connectivity index (χ1v) is 12.0. The van der Waals surface area contributed by atoms with Gasteiger partial charge in [-0.15, -0.1) is 12.4 Å². The number of hydrogen-bond acceptors (Lipinski definition) is 6. The lowest BCUT2D eigenvalue weighted by atomic mass is 9.79. The first-order chi connectivity index (χ1) is 15.7. The van der Waals surface area contributed by atoms with Crippen LogP contribution in [-0.4, -0.2) is 83.5 Å². The standard InChI is InChI=1S/C23H38N6O4.ClH/c1-15(24)21(32)27-22(33)19-11-18(17-5-3-2-4-6-17)14-29(19)13-16-7-9-28(10-8-16)23(25)26-12-20(30)31;/h7,15,17-19H,2-6,8-14,24H2,1H3,(H2,25,26)(H,30,31)(H,27,32,33);1H/t15-,18?,19-;/m0./s1. The number of nitrogens with zero attached hydrogens (tertiary/aromatic N) is 3. The van der Waals surface area contributed by atoms with Crippen molar-refractivity contribution in [3.8, 4) is 0 Å². The van der Waals surface area contributed by atoms with Crippen LogP contribution in [0.25, 0.3) is 0 Å². The van der Waals surface area contributed by atoms with Gasteiger partial charge in [0.1, 0.15) is 6.54 Å². The molecule has 1 saturated heterocycles. The number of nitrogens with one attached hydrogen (secondary N) is 1. The first kappa shape index (κ1) is 28.1. The van der Waals surface area contributed by atoms with Crippen LogP contribution >= 0.6 is 12.4 Å². The Kier molecular flexibility index (Phi) is 10.8. The smallest absolute Gasteiger partial charge is 0.325 e. The van der Waals surface area contributed by atoms with Gasteiger partial charge in [-0.1, -0.05) is 43.8 Å². The van der Waals surface area contributed by atoms with Crippen LogP contribution in [0.3, 0.4) is 0 Å². The van der Waals surface area contributed by atoms with E-state index in [0.29, 0.717) is 31.5 Å². The Morgan fingerprint density at radius 3 is 2.53 bits per heavy atom. The summed E-state index contributed by atoms with van der Waals surface area (Å²) in [4.78, 5) is 43.7.